The minimum atomic E-state index is -2.25. The lowest BCUT2D eigenvalue weighted by molar-refractivity contribution is -0.345. The molecule has 5 aliphatic rings. The van der Waals surface area contributed by atoms with Crippen molar-refractivity contribution in [2.75, 3.05) is 13.2 Å². The molecule has 14 nitrogen and oxygen atoms in total. The third-order valence-corrected chi connectivity index (χ3v) is 13.8. The fraction of sp³-hybridized carbons (Fsp3) is 0.457. The van der Waals surface area contributed by atoms with Crippen molar-refractivity contribution >= 4 is 29.6 Å². The molecule has 4 fully saturated rings. The molecule has 0 aromatic heterocycles. The first-order valence-electron chi connectivity index (χ1n) is 20.1. The molecule has 14 heteroatoms. The van der Waals surface area contributed by atoms with E-state index in [1.807, 2.05) is 0 Å². The Labute approximate surface area is 346 Å². The van der Waals surface area contributed by atoms with Gasteiger partial charge in [0.25, 0.3) is 5.91 Å². The van der Waals surface area contributed by atoms with Gasteiger partial charge in [-0.05, 0) is 54.8 Å². The number of carbonyl (C=O) groups excluding carboxylic acids is 5. The summed E-state index contributed by atoms with van der Waals surface area (Å²) < 4.78 is 30.7. The molecule has 316 valence electrons. The summed E-state index contributed by atoms with van der Waals surface area (Å²) in [6, 6.07) is 23.4. The Bertz CT molecular complexity index is 2240. The van der Waals surface area contributed by atoms with Gasteiger partial charge < -0.3 is 44.3 Å². The summed E-state index contributed by atoms with van der Waals surface area (Å²) in [5.41, 5.74) is -7.56. The Hall–Kier alpha value is -5.25. The highest BCUT2D eigenvalue weighted by Crippen LogP contribution is 2.68. The molecule has 2 saturated carbocycles. The quantitative estimate of drug-likeness (QED) is 0.106. The number of fused-ring (bicyclic) bond motifs is 6. The summed E-state index contributed by atoms with van der Waals surface area (Å²) in [6.07, 6.45) is -7.97. The molecule has 4 N–H and O–H groups in total. The van der Waals surface area contributed by atoms with E-state index in [2.05, 4.69) is 5.32 Å². The van der Waals surface area contributed by atoms with Crippen LogP contribution in [0.15, 0.2) is 102 Å². The van der Waals surface area contributed by atoms with Gasteiger partial charge in [-0.1, -0.05) is 80.6 Å². The smallest absolute Gasteiger partial charge is 0.338 e. The van der Waals surface area contributed by atoms with E-state index >= 15 is 4.79 Å². The van der Waals surface area contributed by atoms with Crippen molar-refractivity contribution in [3.05, 3.63) is 119 Å². The first kappa shape index (κ1) is 41.5. The van der Waals surface area contributed by atoms with E-state index in [0.29, 0.717) is 11.1 Å². The fourth-order valence-electron chi connectivity index (χ4n) is 10.6. The van der Waals surface area contributed by atoms with Crippen LogP contribution < -0.4 is 5.32 Å². The zero-order valence-corrected chi connectivity index (χ0v) is 34.0. The van der Waals surface area contributed by atoms with Gasteiger partial charge in [-0.2, -0.15) is 0 Å². The summed E-state index contributed by atoms with van der Waals surface area (Å²) >= 11 is 0. The highest BCUT2D eigenvalue weighted by molar-refractivity contribution is 6.00. The number of esters is 3. The minimum Gasteiger partial charge on any atom is -0.456 e. The number of hydrogen-bond donors (Lipinski definition) is 4. The molecule has 3 unspecified atom stereocenters. The maximum atomic E-state index is 15.5. The second-order valence-corrected chi connectivity index (χ2v) is 17.4. The SMILES string of the molecule is CC(=O)O[C@@]12COC1C[C@H](O)[C@@]1(C)C(=O)[C@@]3(CO3)C3=C(C)[C@@H](OC(=O)[C@H](O)[C@@H](NC(=O)c4ccccc4)c4ccccc4)CC(O)([C@@H](OC(=O)c4ccccc4)C21)C3(C)C. The number of epoxide rings is 1. The van der Waals surface area contributed by atoms with Crippen molar-refractivity contribution in [2.24, 2.45) is 16.7 Å². The highest BCUT2D eigenvalue weighted by Gasteiger charge is 2.82. The molecule has 3 aromatic rings. The number of nitrogens with one attached hydrogen (secondary N) is 1. The number of benzene rings is 3. The van der Waals surface area contributed by atoms with Crippen molar-refractivity contribution in [3.8, 4) is 0 Å². The van der Waals surface area contributed by atoms with Crippen LogP contribution in [0.2, 0.25) is 0 Å². The molecule has 60 heavy (non-hydrogen) atoms. The lowest BCUT2D eigenvalue weighted by Gasteiger charge is -2.67. The number of rotatable bonds is 9. The van der Waals surface area contributed by atoms with Crippen molar-refractivity contribution < 1.29 is 63.0 Å². The molecule has 11 atom stereocenters. The van der Waals surface area contributed by atoms with Crippen molar-refractivity contribution in [3.63, 3.8) is 0 Å². The Morgan fingerprint density at radius 2 is 1.45 bits per heavy atom. The van der Waals surface area contributed by atoms with Crippen molar-refractivity contribution in [2.45, 2.75) is 101 Å². The summed E-state index contributed by atoms with van der Waals surface area (Å²) in [4.78, 5) is 70.4. The van der Waals surface area contributed by atoms with E-state index in [0.717, 1.165) is 0 Å². The van der Waals surface area contributed by atoms with Crippen LogP contribution >= 0.6 is 0 Å². The Morgan fingerprint density at radius 3 is 2.00 bits per heavy atom. The van der Waals surface area contributed by atoms with Crippen LogP contribution in [-0.2, 0) is 38.1 Å². The lowest BCUT2D eigenvalue weighted by Crippen LogP contribution is -2.82. The van der Waals surface area contributed by atoms with E-state index < -0.39 is 106 Å². The Kier molecular flexibility index (Phi) is 10.2. The molecule has 2 heterocycles. The number of aliphatic hydroxyl groups excluding tert-OH is 2. The molecule has 0 radical (unpaired) electrons. The maximum absolute atomic E-state index is 15.5. The topological polar surface area (TPSA) is 208 Å². The van der Waals surface area contributed by atoms with Crippen LogP contribution in [0.3, 0.4) is 0 Å². The molecule has 8 rings (SSSR count). The third-order valence-electron chi connectivity index (χ3n) is 13.8. The fourth-order valence-corrected chi connectivity index (χ4v) is 10.6. The van der Waals surface area contributed by atoms with Gasteiger partial charge >= 0.3 is 17.9 Å². The van der Waals surface area contributed by atoms with Crippen LogP contribution in [-0.4, -0.2) is 105 Å². The average Bonchev–Trinajstić information content (AvgIpc) is 4.03. The van der Waals surface area contributed by atoms with Gasteiger partial charge in [0.1, 0.15) is 23.9 Å². The molecule has 3 aliphatic carbocycles. The number of ketones is 1. The molecule has 2 saturated heterocycles. The van der Waals surface area contributed by atoms with Gasteiger partial charge in [-0.15, -0.1) is 0 Å². The molecular weight excluding hydrogens is 774 g/mol. The zero-order chi connectivity index (χ0) is 43.0. The van der Waals surface area contributed by atoms with Gasteiger partial charge in [-0.25, -0.2) is 9.59 Å². The van der Waals surface area contributed by atoms with E-state index in [1.54, 1.807) is 99.6 Å². The maximum Gasteiger partial charge on any atom is 0.338 e. The second-order valence-electron chi connectivity index (χ2n) is 17.4. The zero-order valence-electron chi connectivity index (χ0n) is 34.0. The van der Waals surface area contributed by atoms with Crippen LogP contribution in [0.1, 0.15) is 79.8 Å². The van der Waals surface area contributed by atoms with Crippen LogP contribution in [0, 0.1) is 16.7 Å². The van der Waals surface area contributed by atoms with E-state index in [9.17, 15) is 34.5 Å². The normalized spacial score (nSPS) is 34.6. The molecule has 1 amide bonds. The third kappa shape index (κ3) is 6.22. The molecular formula is C46H49NO13. The van der Waals surface area contributed by atoms with Crippen LogP contribution in [0.25, 0.3) is 0 Å². The van der Waals surface area contributed by atoms with Gasteiger partial charge in [-0.3, -0.25) is 14.4 Å². The first-order valence-corrected chi connectivity index (χ1v) is 20.1. The minimum absolute atomic E-state index is 0.108. The molecule has 3 aromatic carbocycles. The summed E-state index contributed by atoms with van der Waals surface area (Å²) in [7, 11) is 0. The summed E-state index contributed by atoms with van der Waals surface area (Å²) in [6.45, 7) is 7.34. The number of ether oxygens (including phenoxy) is 5. The first-order chi connectivity index (χ1) is 28.4. The van der Waals surface area contributed by atoms with Crippen molar-refractivity contribution in [1.82, 2.24) is 5.32 Å². The molecule has 2 aliphatic heterocycles. The van der Waals surface area contributed by atoms with E-state index in [4.69, 9.17) is 23.7 Å². The average molecular weight is 824 g/mol. The highest BCUT2D eigenvalue weighted by atomic mass is 16.6. The second kappa shape index (κ2) is 14.7. The Balaban J connectivity index is 1.25. The summed E-state index contributed by atoms with van der Waals surface area (Å²) in [5.74, 6) is -5.31. The molecule has 1 spiro atoms. The number of Topliss-reactive ketones (excluding diaryl/α,β-unsaturated/α-hetero) is 1. The Morgan fingerprint density at radius 1 is 0.867 bits per heavy atom. The molecule has 2 bridgehead atoms. The summed E-state index contributed by atoms with van der Waals surface area (Å²) in [5, 5.41) is 40.2. The predicted octanol–water partition coefficient (Wildman–Crippen LogP) is 3.57. The lowest BCUT2D eigenvalue weighted by atomic mass is 9.43. The number of hydrogen-bond acceptors (Lipinski definition) is 13. The van der Waals surface area contributed by atoms with Gasteiger partial charge in [0.05, 0.1) is 42.3 Å². The predicted molar refractivity (Wildman–Crippen MR) is 211 cm³/mol. The monoisotopic (exact) mass is 823 g/mol. The standard InChI is InChI=1S/C46H49NO13/c1-25-30(58-40(53)34(50)33(27-15-9-6-10-16-27)47-38(51)28-17-11-7-12-18-28)22-46(55)37(59-39(52)29-19-13-8-14-20-29)36-43(5,41(54)45(24-57-45)35(25)42(46,3)4)31(49)21-32-44(36,23-56-32)60-26(2)48/h6-20,30-34,36-37,49-50,55H,21-24H2,1-5H3,(H,47,51)/t30-,31-,32?,33-,34+,36?,37-,43+,44-,45+,46?/m0/s1. The largest absolute Gasteiger partial charge is 0.456 e. The van der Waals surface area contributed by atoms with Crippen LogP contribution in [0.4, 0.5) is 0 Å². The number of carbonyl (C=O) groups is 5. The van der Waals surface area contributed by atoms with Gasteiger partial charge in [0.15, 0.2) is 23.1 Å². The van der Waals surface area contributed by atoms with Gasteiger partial charge in [0.2, 0.25) is 0 Å². The van der Waals surface area contributed by atoms with Crippen molar-refractivity contribution in [1.29, 1.82) is 0 Å². The number of amides is 1. The van der Waals surface area contributed by atoms with E-state index in [-0.39, 0.29) is 36.3 Å². The number of aliphatic hydroxyl groups is 3. The van der Waals surface area contributed by atoms with Crippen LogP contribution in [0.5, 0.6) is 0 Å². The van der Waals surface area contributed by atoms with E-state index in [1.165, 1.54) is 26.0 Å². The van der Waals surface area contributed by atoms with Gasteiger partial charge in [0, 0.05) is 30.7 Å².